The van der Waals surface area contributed by atoms with Crippen LogP contribution >= 0.6 is 0 Å². The zero-order valence-corrected chi connectivity index (χ0v) is 14.7. The van der Waals surface area contributed by atoms with Crippen LogP contribution in [0.4, 0.5) is 11.6 Å². The summed E-state index contributed by atoms with van der Waals surface area (Å²) in [4.78, 5) is 15.6. The average molecular weight is 337 g/mol. The number of hydrogen-bond acceptors (Lipinski definition) is 6. The second kappa shape index (κ2) is 6.66. The first-order valence-corrected chi connectivity index (χ1v) is 8.84. The second-order valence-corrected chi connectivity index (χ2v) is 6.63. The van der Waals surface area contributed by atoms with Gasteiger partial charge in [0.1, 0.15) is 18.0 Å². The predicted molar refractivity (Wildman–Crippen MR) is 97.9 cm³/mol. The maximum Gasteiger partial charge on any atom is 0.254 e. The van der Waals surface area contributed by atoms with Gasteiger partial charge in [0, 0.05) is 37.6 Å². The van der Waals surface area contributed by atoms with Gasteiger partial charge in [0.25, 0.3) is 5.78 Å². The van der Waals surface area contributed by atoms with E-state index in [9.17, 15) is 0 Å². The van der Waals surface area contributed by atoms with Crippen LogP contribution in [0.1, 0.15) is 24.6 Å². The molecular weight excluding hydrogens is 314 g/mol. The third kappa shape index (κ3) is 3.26. The number of anilines is 2. The van der Waals surface area contributed by atoms with Crippen LogP contribution < -0.4 is 10.2 Å². The lowest BCUT2D eigenvalue weighted by Gasteiger charge is -2.20. The third-order valence-electron chi connectivity index (χ3n) is 4.74. The lowest BCUT2D eigenvalue weighted by Crippen LogP contribution is -2.25. The quantitative estimate of drug-likeness (QED) is 0.770. The highest BCUT2D eigenvalue weighted by Crippen LogP contribution is 2.25. The van der Waals surface area contributed by atoms with E-state index < -0.39 is 0 Å². The summed E-state index contributed by atoms with van der Waals surface area (Å²) >= 11 is 0. The number of nitrogens with zero attached hydrogens (tertiary/aromatic N) is 6. The average Bonchev–Trinajstić information content (AvgIpc) is 3.29. The Labute approximate surface area is 147 Å². The molecule has 1 aliphatic rings. The maximum absolute atomic E-state index is 4.53. The fourth-order valence-corrected chi connectivity index (χ4v) is 3.28. The highest BCUT2D eigenvalue weighted by molar-refractivity contribution is 5.48. The van der Waals surface area contributed by atoms with Crippen molar-refractivity contribution >= 4 is 17.4 Å². The highest BCUT2D eigenvalue weighted by Gasteiger charge is 2.25. The molecule has 0 saturated carbocycles. The molecule has 3 aromatic rings. The van der Waals surface area contributed by atoms with Crippen molar-refractivity contribution in [3.63, 3.8) is 0 Å². The van der Waals surface area contributed by atoms with Gasteiger partial charge < -0.3 is 10.2 Å². The van der Waals surface area contributed by atoms with Crippen molar-refractivity contribution in [2.45, 2.75) is 26.7 Å². The summed E-state index contributed by atoms with van der Waals surface area (Å²) in [6, 6.07) is 6.26. The summed E-state index contributed by atoms with van der Waals surface area (Å²) in [6.45, 7) is 7.12. The SMILES string of the molecule is CCc1cc(N2CC[C@H](CNc3ccc(C)cn3)C2)n2ncnc2n1. The first-order chi connectivity index (χ1) is 12.2. The highest BCUT2D eigenvalue weighted by atomic mass is 15.4. The zero-order valence-electron chi connectivity index (χ0n) is 14.7. The summed E-state index contributed by atoms with van der Waals surface area (Å²) in [5.74, 6) is 3.30. The molecule has 1 aliphatic heterocycles. The summed E-state index contributed by atoms with van der Waals surface area (Å²) < 4.78 is 1.84. The van der Waals surface area contributed by atoms with Gasteiger partial charge in [-0.3, -0.25) is 0 Å². The van der Waals surface area contributed by atoms with Crippen LogP contribution in [0, 0.1) is 12.8 Å². The number of aromatic nitrogens is 5. The maximum atomic E-state index is 4.53. The van der Waals surface area contributed by atoms with Crippen molar-refractivity contribution in [1.82, 2.24) is 24.6 Å². The van der Waals surface area contributed by atoms with Gasteiger partial charge in [-0.2, -0.15) is 14.6 Å². The first kappa shape index (κ1) is 15.8. The van der Waals surface area contributed by atoms with E-state index in [1.165, 1.54) is 5.56 Å². The number of aryl methyl sites for hydroxylation is 2. The number of nitrogens with one attached hydrogen (secondary N) is 1. The lowest BCUT2D eigenvalue weighted by molar-refractivity contribution is 0.620. The molecule has 0 amide bonds. The van der Waals surface area contributed by atoms with Crippen molar-refractivity contribution in [3.05, 3.63) is 42.0 Å². The van der Waals surface area contributed by atoms with Crippen LogP contribution in [-0.2, 0) is 6.42 Å². The van der Waals surface area contributed by atoms with Gasteiger partial charge in [0.15, 0.2) is 0 Å². The fourth-order valence-electron chi connectivity index (χ4n) is 3.28. The van der Waals surface area contributed by atoms with Gasteiger partial charge in [-0.15, -0.1) is 0 Å². The van der Waals surface area contributed by atoms with E-state index in [1.54, 1.807) is 6.33 Å². The Hall–Kier alpha value is -2.70. The van der Waals surface area contributed by atoms with Gasteiger partial charge >= 0.3 is 0 Å². The minimum Gasteiger partial charge on any atom is -0.370 e. The van der Waals surface area contributed by atoms with E-state index in [2.05, 4.69) is 56.2 Å². The molecule has 7 nitrogen and oxygen atoms in total. The van der Waals surface area contributed by atoms with Crippen molar-refractivity contribution in [2.75, 3.05) is 29.9 Å². The van der Waals surface area contributed by atoms with Gasteiger partial charge in [-0.25, -0.2) is 9.97 Å². The molecule has 0 aromatic carbocycles. The molecule has 0 aliphatic carbocycles. The molecular formula is C18H23N7. The van der Waals surface area contributed by atoms with Crippen molar-refractivity contribution < 1.29 is 0 Å². The number of fused-ring (bicyclic) bond motifs is 1. The van der Waals surface area contributed by atoms with E-state index in [0.717, 1.165) is 49.8 Å². The van der Waals surface area contributed by atoms with Gasteiger partial charge in [0.05, 0.1) is 0 Å². The minimum atomic E-state index is 0.583. The minimum absolute atomic E-state index is 0.583. The van der Waals surface area contributed by atoms with E-state index in [0.29, 0.717) is 11.7 Å². The molecule has 25 heavy (non-hydrogen) atoms. The van der Waals surface area contributed by atoms with Gasteiger partial charge in [0.2, 0.25) is 0 Å². The number of rotatable bonds is 5. The third-order valence-corrected chi connectivity index (χ3v) is 4.74. The van der Waals surface area contributed by atoms with Crippen LogP contribution in [-0.4, -0.2) is 44.2 Å². The molecule has 1 atom stereocenters. The lowest BCUT2D eigenvalue weighted by atomic mass is 10.1. The zero-order chi connectivity index (χ0) is 17.2. The second-order valence-electron chi connectivity index (χ2n) is 6.63. The Bertz CT molecular complexity index is 855. The van der Waals surface area contributed by atoms with Crippen molar-refractivity contribution in [1.29, 1.82) is 0 Å². The Morgan fingerprint density at radius 2 is 2.20 bits per heavy atom. The van der Waals surface area contributed by atoms with E-state index in [1.807, 2.05) is 16.8 Å². The predicted octanol–water partition coefficient (Wildman–Crippen LogP) is 2.33. The topological polar surface area (TPSA) is 71.2 Å². The number of hydrogen-bond donors (Lipinski definition) is 1. The Morgan fingerprint density at radius 1 is 1.28 bits per heavy atom. The van der Waals surface area contributed by atoms with E-state index in [4.69, 9.17) is 0 Å². The molecule has 7 heteroatoms. The van der Waals surface area contributed by atoms with Crippen molar-refractivity contribution in [2.24, 2.45) is 5.92 Å². The normalized spacial score (nSPS) is 17.4. The molecule has 0 radical (unpaired) electrons. The molecule has 130 valence electrons. The number of pyridine rings is 1. The van der Waals surface area contributed by atoms with Gasteiger partial charge in [-0.05, 0) is 37.3 Å². The smallest absolute Gasteiger partial charge is 0.254 e. The molecule has 0 spiro atoms. The summed E-state index contributed by atoms with van der Waals surface area (Å²) in [5, 5.41) is 7.80. The monoisotopic (exact) mass is 337 g/mol. The Morgan fingerprint density at radius 3 is 3.00 bits per heavy atom. The first-order valence-electron chi connectivity index (χ1n) is 8.84. The van der Waals surface area contributed by atoms with E-state index in [-0.39, 0.29) is 0 Å². The van der Waals surface area contributed by atoms with E-state index >= 15 is 0 Å². The molecule has 0 unspecified atom stereocenters. The Kier molecular flexibility index (Phi) is 4.21. The summed E-state index contributed by atoms with van der Waals surface area (Å²) in [6.07, 6.45) is 5.52. The van der Waals surface area contributed by atoms with Crippen LogP contribution in [0.25, 0.3) is 5.78 Å². The van der Waals surface area contributed by atoms with Crippen LogP contribution in [0.2, 0.25) is 0 Å². The summed E-state index contributed by atoms with van der Waals surface area (Å²) in [7, 11) is 0. The molecule has 1 N–H and O–H groups in total. The molecule has 1 fully saturated rings. The van der Waals surface area contributed by atoms with Crippen LogP contribution in [0.5, 0.6) is 0 Å². The Balaban J connectivity index is 1.45. The largest absolute Gasteiger partial charge is 0.370 e. The molecule has 3 aromatic heterocycles. The van der Waals surface area contributed by atoms with Crippen molar-refractivity contribution in [3.8, 4) is 0 Å². The van der Waals surface area contributed by atoms with Crippen LogP contribution in [0.3, 0.4) is 0 Å². The molecule has 1 saturated heterocycles. The molecule has 0 bridgehead atoms. The molecule has 4 rings (SSSR count). The van der Waals surface area contributed by atoms with Gasteiger partial charge in [-0.1, -0.05) is 13.0 Å². The van der Waals surface area contributed by atoms with Crippen LogP contribution in [0.15, 0.2) is 30.7 Å². The standard InChI is InChI=1S/C18H23N7/c1-3-15-8-17(25-18(23-15)21-12-22-25)24-7-6-14(11-24)10-20-16-5-4-13(2)9-19-16/h4-5,8-9,12,14H,3,6-7,10-11H2,1-2H3,(H,19,20)/t14-/m1/s1. The summed E-state index contributed by atoms with van der Waals surface area (Å²) in [5.41, 5.74) is 2.24. The fraction of sp³-hybridized carbons (Fsp3) is 0.444. The molecule has 4 heterocycles.